The maximum atomic E-state index is 14.1. The van der Waals surface area contributed by atoms with E-state index < -0.39 is 23.7 Å². The van der Waals surface area contributed by atoms with Gasteiger partial charge < -0.3 is 10.4 Å². The Morgan fingerprint density at radius 1 is 1.10 bits per heavy atom. The number of carbonyl (C=O) groups excluding carboxylic acids is 2. The maximum Gasteiger partial charge on any atom is 0.251 e. The van der Waals surface area contributed by atoms with E-state index in [9.17, 15) is 19.1 Å². The number of hydrogen-bond donors (Lipinski definition) is 2. The largest absolute Gasteiger partial charge is 0.508 e. The van der Waals surface area contributed by atoms with Crippen LogP contribution in [0.1, 0.15) is 42.9 Å². The average molecular weight is 563 g/mol. The van der Waals surface area contributed by atoms with Crippen molar-refractivity contribution in [2.75, 3.05) is 4.90 Å². The van der Waals surface area contributed by atoms with Crippen molar-refractivity contribution in [2.45, 2.75) is 51.2 Å². The van der Waals surface area contributed by atoms with Crippen LogP contribution in [0.5, 0.6) is 5.75 Å². The molecule has 3 aromatic carbocycles. The molecule has 1 atom stereocenters. The second-order valence-electron chi connectivity index (χ2n) is 9.86. The summed E-state index contributed by atoms with van der Waals surface area (Å²) in [6, 6.07) is 16.3. The van der Waals surface area contributed by atoms with Crippen molar-refractivity contribution >= 4 is 29.1 Å². The Hall–Kier alpha value is -4.31. The van der Waals surface area contributed by atoms with Crippen LogP contribution in [-0.4, -0.2) is 43.2 Å². The monoisotopic (exact) mass is 562 g/mol. The van der Waals surface area contributed by atoms with Crippen molar-refractivity contribution in [1.82, 2.24) is 25.5 Å². The molecule has 1 unspecified atom stereocenters. The van der Waals surface area contributed by atoms with Crippen LogP contribution in [0.4, 0.5) is 10.1 Å². The highest BCUT2D eigenvalue weighted by Crippen LogP contribution is 2.32. The number of amides is 2. The fourth-order valence-electron chi connectivity index (χ4n) is 4.82. The molecule has 0 saturated heterocycles. The average Bonchev–Trinajstić information content (AvgIpc) is 3.62. The van der Waals surface area contributed by atoms with Crippen LogP contribution in [0, 0.1) is 12.7 Å². The number of tetrazole rings is 1. The number of nitrogens with zero attached hydrogens (tertiary/aromatic N) is 5. The number of aromatic hydroxyl groups is 1. The third-order valence-corrected chi connectivity index (χ3v) is 7.20. The molecule has 206 valence electrons. The van der Waals surface area contributed by atoms with Gasteiger partial charge in [0.2, 0.25) is 11.7 Å². The van der Waals surface area contributed by atoms with E-state index in [0.717, 1.165) is 47.7 Å². The Morgan fingerprint density at radius 3 is 2.48 bits per heavy atom. The van der Waals surface area contributed by atoms with Crippen molar-refractivity contribution in [1.29, 1.82) is 0 Å². The zero-order chi connectivity index (χ0) is 28.2. The number of phenolic OH excluding ortho intramolecular Hbond substituents is 1. The van der Waals surface area contributed by atoms with Crippen LogP contribution >= 0.6 is 11.6 Å². The van der Waals surface area contributed by atoms with Gasteiger partial charge in [-0.05, 0) is 60.9 Å². The van der Waals surface area contributed by atoms with Crippen LogP contribution in [-0.2, 0) is 16.1 Å². The highest BCUT2D eigenvalue weighted by Gasteiger charge is 2.35. The van der Waals surface area contributed by atoms with E-state index in [0.29, 0.717) is 11.4 Å². The number of nitrogens with one attached hydrogen (secondary N) is 1. The first kappa shape index (κ1) is 27.3. The van der Waals surface area contributed by atoms with Gasteiger partial charge in [0.15, 0.2) is 0 Å². The Balaban J connectivity index is 1.52. The molecule has 9 nitrogen and oxygen atoms in total. The SMILES string of the molecule is Cc1ccc(-c2nnn(CC(=O)N(c3ccc(F)c(Cl)c3)C(C(=O)NC3CCCC3)c3ccc(O)cc3)n2)cc1. The van der Waals surface area contributed by atoms with Crippen molar-refractivity contribution in [3.05, 3.63) is 88.7 Å². The molecular formula is C29H28ClFN6O3. The summed E-state index contributed by atoms with van der Waals surface area (Å²) < 4.78 is 14.1. The van der Waals surface area contributed by atoms with Crippen molar-refractivity contribution in [3.63, 3.8) is 0 Å². The molecule has 5 rings (SSSR count). The van der Waals surface area contributed by atoms with Gasteiger partial charge in [-0.25, -0.2) is 4.39 Å². The van der Waals surface area contributed by atoms with E-state index in [-0.39, 0.29) is 29.0 Å². The Morgan fingerprint density at radius 2 is 1.80 bits per heavy atom. The maximum absolute atomic E-state index is 14.1. The zero-order valence-electron chi connectivity index (χ0n) is 21.8. The number of phenols is 1. The number of aromatic nitrogens is 4. The second-order valence-corrected chi connectivity index (χ2v) is 10.3. The van der Waals surface area contributed by atoms with Gasteiger partial charge >= 0.3 is 0 Å². The first-order valence-corrected chi connectivity index (χ1v) is 13.4. The predicted octanol–water partition coefficient (Wildman–Crippen LogP) is 4.98. The Bertz CT molecular complexity index is 1500. The van der Waals surface area contributed by atoms with Crippen LogP contribution in [0.2, 0.25) is 5.02 Å². The van der Waals surface area contributed by atoms with Gasteiger partial charge in [-0.3, -0.25) is 14.5 Å². The molecule has 0 spiro atoms. The molecule has 1 aliphatic rings. The number of halogens is 2. The highest BCUT2D eigenvalue weighted by atomic mass is 35.5. The smallest absolute Gasteiger partial charge is 0.251 e. The molecule has 1 heterocycles. The fraction of sp³-hybridized carbons (Fsp3) is 0.276. The normalized spacial score (nSPS) is 14.2. The Labute approximate surface area is 235 Å². The van der Waals surface area contributed by atoms with Gasteiger partial charge in [-0.1, -0.05) is 66.4 Å². The summed E-state index contributed by atoms with van der Waals surface area (Å²) >= 11 is 6.11. The molecule has 0 aliphatic heterocycles. The first-order chi connectivity index (χ1) is 19.3. The number of hydrogen-bond acceptors (Lipinski definition) is 6. The summed E-state index contributed by atoms with van der Waals surface area (Å²) in [4.78, 5) is 30.2. The van der Waals surface area contributed by atoms with Gasteiger partial charge in [0, 0.05) is 17.3 Å². The lowest BCUT2D eigenvalue weighted by atomic mass is 10.0. The second kappa shape index (κ2) is 11.8. The van der Waals surface area contributed by atoms with Gasteiger partial charge in [0.05, 0.1) is 5.02 Å². The van der Waals surface area contributed by atoms with E-state index in [1.807, 2.05) is 31.2 Å². The van der Waals surface area contributed by atoms with Crippen LogP contribution in [0.15, 0.2) is 66.7 Å². The number of anilines is 1. The predicted molar refractivity (Wildman–Crippen MR) is 148 cm³/mol. The zero-order valence-corrected chi connectivity index (χ0v) is 22.6. The van der Waals surface area contributed by atoms with E-state index in [1.165, 1.54) is 29.2 Å². The fourth-order valence-corrected chi connectivity index (χ4v) is 5.00. The highest BCUT2D eigenvalue weighted by molar-refractivity contribution is 6.31. The molecule has 4 aromatic rings. The minimum absolute atomic E-state index is 0.0110. The molecule has 1 saturated carbocycles. The molecule has 0 radical (unpaired) electrons. The van der Waals surface area contributed by atoms with Crippen LogP contribution in [0.25, 0.3) is 11.4 Å². The lowest BCUT2D eigenvalue weighted by Gasteiger charge is -2.32. The molecule has 1 aliphatic carbocycles. The van der Waals surface area contributed by atoms with Gasteiger partial charge in [-0.2, -0.15) is 4.80 Å². The molecule has 2 amide bonds. The molecule has 40 heavy (non-hydrogen) atoms. The van der Waals surface area contributed by atoms with Crippen molar-refractivity contribution in [3.8, 4) is 17.1 Å². The van der Waals surface area contributed by atoms with E-state index >= 15 is 0 Å². The number of benzene rings is 3. The minimum Gasteiger partial charge on any atom is -0.508 e. The summed E-state index contributed by atoms with van der Waals surface area (Å²) in [6.45, 7) is 1.62. The summed E-state index contributed by atoms with van der Waals surface area (Å²) in [5.74, 6) is -1.25. The van der Waals surface area contributed by atoms with E-state index in [4.69, 9.17) is 11.6 Å². The van der Waals surface area contributed by atoms with Crippen molar-refractivity contribution in [2.24, 2.45) is 0 Å². The van der Waals surface area contributed by atoms with Crippen LogP contribution < -0.4 is 10.2 Å². The third kappa shape index (κ3) is 6.12. The standard InChI is InChI=1S/C29H28ClFN6O3/c1-18-6-8-20(9-7-18)28-33-35-36(34-28)17-26(39)37(22-12-15-25(31)24(30)16-22)27(19-10-13-23(38)14-11-19)29(40)32-21-4-2-3-5-21/h6-16,21,27,38H,2-5,17H2,1H3,(H,32,40). The van der Waals surface area contributed by atoms with Crippen LogP contribution in [0.3, 0.4) is 0 Å². The van der Waals surface area contributed by atoms with Gasteiger partial charge in [-0.15, -0.1) is 10.2 Å². The molecule has 1 aromatic heterocycles. The third-order valence-electron chi connectivity index (χ3n) is 6.91. The number of aryl methyl sites for hydroxylation is 1. The number of carbonyl (C=O) groups is 2. The Kier molecular flexibility index (Phi) is 8.06. The quantitative estimate of drug-likeness (QED) is 0.313. The summed E-state index contributed by atoms with van der Waals surface area (Å²) in [6.07, 6.45) is 3.70. The molecule has 1 fully saturated rings. The minimum atomic E-state index is -1.14. The summed E-state index contributed by atoms with van der Waals surface area (Å²) in [5, 5.41) is 25.2. The van der Waals surface area contributed by atoms with E-state index in [1.54, 1.807) is 12.1 Å². The van der Waals surface area contributed by atoms with E-state index in [2.05, 4.69) is 20.7 Å². The summed E-state index contributed by atoms with van der Waals surface area (Å²) in [5.41, 5.74) is 2.49. The molecule has 11 heteroatoms. The topological polar surface area (TPSA) is 113 Å². The van der Waals surface area contributed by atoms with Gasteiger partial charge in [0.25, 0.3) is 5.91 Å². The van der Waals surface area contributed by atoms with Crippen molar-refractivity contribution < 1.29 is 19.1 Å². The summed E-state index contributed by atoms with van der Waals surface area (Å²) in [7, 11) is 0. The van der Waals surface area contributed by atoms with Gasteiger partial charge in [0.1, 0.15) is 24.2 Å². The molecule has 2 N–H and O–H groups in total. The number of rotatable bonds is 8. The first-order valence-electron chi connectivity index (χ1n) is 13.0. The molecule has 0 bridgehead atoms. The lowest BCUT2D eigenvalue weighted by molar-refractivity contribution is -0.127. The lowest BCUT2D eigenvalue weighted by Crippen LogP contribution is -2.47. The molecular weight excluding hydrogens is 535 g/mol.